The average molecular weight is 317 g/mol. The Labute approximate surface area is 122 Å². The van der Waals surface area contributed by atoms with Gasteiger partial charge in [-0.15, -0.1) is 3.89 Å². The molecule has 0 aromatic heterocycles. The number of benzene rings is 1. The van der Waals surface area contributed by atoms with E-state index in [0.29, 0.717) is 0 Å². The summed E-state index contributed by atoms with van der Waals surface area (Å²) in [5.41, 5.74) is 0.808. The van der Waals surface area contributed by atoms with Gasteiger partial charge in [0, 0.05) is 13.7 Å². The van der Waals surface area contributed by atoms with Crippen LogP contribution >= 0.6 is 0 Å². The van der Waals surface area contributed by atoms with Crippen LogP contribution in [0.25, 0.3) is 0 Å². The summed E-state index contributed by atoms with van der Waals surface area (Å²) in [5.74, 6) is 0. The summed E-state index contributed by atoms with van der Waals surface area (Å²) in [6.45, 7) is -0.218. The number of carbonyl (C=O) groups excluding carboxylic acids is 1. The molecule has 21 heavy (non-hydrogen) atoms. The van der Waals surface area contributed by atoms with Gasteiger partial charge in [0.15, 0.2) is 0 Å². The van der Waals surface area contributed by atoms with Gasteiger partial charge in [0.2, 0.25) is 0 Å². The van der Waals surface area contributed by atoms with Gasteiger partial charge < -0.3 is 14.4 Å². The van der Waals surface area contributed by atoms with Gasteiger partial charge in [-0.05, 0) is 5.56 Å². The molecule has 2 unspecified atom stereocenters. The molecule has 0 N–H and O–H groups in total. The van der Waals surface area contributed by atoms with Crippen molar-refractivity contribution >= 4 is 16.3 Å². The van der Waals surface area contributed by atoms with E-state index in [0.717, 1.165) is 10.5 Å². The van der Waals surface area contributed by atoms with Crippen LogP contribution < -0.4 is 0 Å². The smallest absolute Gasteiger partial charge is 0.410 e. The standard InChI is InChI=1S/C13H16FNO5S/c1-19-11-7-15(8-12(11)21(14,17)18)13(16)20-9-10-5-3-2-4-6-10/h2-6,11-12H,7-9H2,1H3. The summed E-state index contributed by atoms with van der Waals surface area (Å²) in [6, 6.07) is 9.05. The van der Waals surface area contributed by atoms with Crippen LogP contribution in [0.5, 0.6) is 0 Å². The van der Waals surface area contributed by atoms with Gasteiger partial charge >= 0.3 is 16.3 Å². The molecular formula is C13H16FNO5S. The molecule has 0 saturated carbocycles. The highest BCUT2D eigenvalue weighted by Gasteiger charge is 2.44. The van der Waals surface area contributed by atoms with Gasteiger partial charge in [-0.25, -0.2) is 4.79 Å². The molecule has 8 heteroatoms. The van der Waals surface area contributed by atoms with E-state index < -0.39 is 27.7 Å². The van der Waals surface area contributed by atoms with Crippen LogP contribution in [-0.2, 0) is 26.3 Å². The number of nitrogens with zero attached hydrogens (tertiary/aromatic N) is 1. The summed E-state index contributed by atoms with van der Waals surface area (Å²) in [6.07, 6.45) is -1.57. The molecule has 116 valence electrons. The molecular weight excluding hydrogens is 301 g/mol. The molecule has 1 aromatic rings. The second-order valence-electron chi connectivity index (χ2n) is 4.73. The highest BCUT2D eigenvalue weighted by Crippen LogP contribution is 2.22. The molecule has 1 aliphatic rings. The minimum atomic E-state index is -4.77. The Balaban J connectivity index is 1.95. The molecule has 2 atom stereocenters. The molecule has 1 fully saturated rings. The van der Waals surface area contributed by atoms with E-state index >= 15 is 0 Å². The number of ether oxygens (including phenoxy) is 2. The Morgan fingerprint density at radius 1 is 1.33 bits per heavy atom. The van der Waals surface area contributed by atoms with Gasteiger partial charge in [-0.2, -0.15) is 8.42 Å². The molecule has 0 radical (unpaired) electrons. The Kier molecular flexibility index (Phi) is 4.79. The monoisotopic (exact) mass is 317 g/mol. The lowest BCUT2D eigenvalue weighted by atomic mass is 10.2. The number of carbonyl (C=O) groups is 1. The zero-order chi connectivity index (χ0) is 15.5. The number of likely N-dealkylation sites (tertiary alicyclic amines) is 1. The summed E-state index contributed by atoms with van der Waals surface area (Å²) < 4.78 is 45.2. The van der Waals surface area contributed by atoms with Crippen LogP contribution in [0.3, 0.4) is 0 Å². The molecule has 6 nitrogen and oxygen atoms in total. The van der Waals surface area contributed by atoms with Gasteiger partial charge in [0.05, 0.1) is 12.6 Å². The number of amides is 1. The molecule has 1 heterocycles. The van der Waals surface area contributed by atoms with Crippen LogP contribution in [0, 0.1) is 0 Å². The normalized spacial score (nSPS) is 22.3. The zero-order valence-corrected chi connectivity index (χ0v) is 12.3. The average Bonchev–Trinajstić information content (AvgIpc) is 2.90. The maximum atomic E-state index is 13.1. The van der Waals surface area contributed by atoms with Crippen molar-refractivity contribution in [3.8, 4) is 0 Å². The van der Waals surface area contributed by atoms with Crippen molar-refractivity contribution in [1.82, 2.24) is 4.90 Å². The van der Waals surface area contributed by atoms with Gasteiger partial charge in [-0.3, -0.25) is 0 Å². The molecule has 1 aliphatic heterocycles. The van der Waals surface area contributed by atoms with Crippen LogP contribution in [0.1, 0.15) is 5.56 Å². The van der Waals surface area contributed by atoms with Crippen molar-refractivity contribution in [2.45, 2.75) is 18.0 Å². The third-order valence-electron chi connectivity index (χ3n) is 3.34. The first-order valence-corrected chi connectivity index (χ1v) is 7.78. The summed E-state index contributed by atoms with van der Waals surface area (Å²) in [7, 11) is -3.49. The topological polar surface area (TPSA) is 72.9 Å². The van der Waals surface area contributed by atoms with E-state index in [9.17, 15) is 17.1 Å². The van der Waals surface area contributed by atoms with Crippen molar-refractivity contribution < 1.29 is 26.6 Å². The van der Waals surface area contributed by atoms with E-state index in [1.54, 1.807) is 12.1 Å². The first kappa shape index (κ1) is 15.7. The third-order valence-corrected chi connectivity index (χ3v) is 4.52. The fourth-order valence-corrected chi connectivity index (χ4v) is 3.12. The first-order valence-electron chi connectivity index (χ1n) is 6.33. The second kappa shape index (κ2) is 6.40. The van der Waals surface area contributed by atoms with E-state index in [1.165, 1.54) is 7.11 Å². The van der Waals surface area contributed by atoms with Gasteiger partial charge in [-0.1, -0.05) is 30.3 Å². The summed E-state index contributed by atoms with van der Waals surface area (Å²) in [5, 5.41) is -1.37. The van der Waals surface area contributed by atoms with E-state index in [2.05, 4.69) is 0 Å². The van der Waals surface area contributed by atoms with Crippen LogP contribution in [0.2, 0.25) is 0 Å². The maximum Gasteiger partial charge on any atom is 0.410 e. The SMILES string of the molecule is COC1CN(C(=O)OCc2ccccc2)CC1S(=O)(=O)F. The zero-order valence-electron chi connectivity index (χ0n) is 11.4. The number of methoxy groups -OCH3 is 1. The molecule has 0 bridgehead atoms. The highest BCUT2D eigenvalue weighted by atomic mass is 32.3. The van der Waals surface area contributed by atoms with Crippen molar-refractivity contribution in [1.29, 1.82) is 0 Å². The fraction of sp³-hybridized carbons (Fsp3) is 0.462. The maximum absolute atomic E-state index is 13.1. The van der Waals surface area contributed by atoms with Gasteiger partial charge in [0.25, 0.3) is 0 Å². The minimum Gasteiger partial charge on any atom is -0.445 e. The lowest BCUT2D eigenvalue weighted by molar-refractivity contribution is 0.0849. The molecule has 1 saturated heterocycles. The van der Waals surface area contributed by atoms with Crippen molar-refractivity contribution in [3.05, 3.63) is 35.9 Å². The molecule has 0 aliphatic carbocycles. The Morgan fingerprint density at radius 3 is 2.52 bits per heavy atom. The molecule has 1 amide bonds. The second-order valence-corrected chi connectivity index (χ2v) is 6.29. The molecule has 2 rings (SSSR count). The quantitative estimate of drug-likeness (QED) is 0.783. The first-order chi connectivity index (χ1) is 9.91. The molecule has 1 aromatic carbocycles. The van der Waals surface area contributed by atoms with Crippen molar-refractivity contribution in [2.24, 2.45) is 0 Å². The summed E-state index contributed by atoms with van der Waals surface area (Å²) in [4.78, 5) is 13.0. The van der Waals surface area contributed by atoms with Crippen LogP contribution in [0.15, 0.2) is 30.3 Å². The largest absolute Gasteiger partial charge is 0.445 e. The Morgan fingerprint density at radius 2 is 2.00 bits per heavy atom. The number of rotatable bonds is 4. The van der Waals surface area contributed by atoms with E-state index in [4.69, 9.17) is 9.47 Å². The van der Waals surface area contributed by atoms with Crippen molar-refractivity contribution in [3.63, 3.8) is 0 Å². The van der Waals surface area contributed by atoms with E-state index in [1.807, 2.05) is 18.2 Å². The fourth-order valence-electron chi connectivity index (χ4n) is 2.20. The predicted molar refractivity (Wildman–Crippen MR) is 72.8 cm³/mol. The highest BCUT2D eigenvalue weighted by molar-refractivity contribution is 7.87. The van der Waals surface area contributed by atoms with Crippen LogP contribution in [0.4, 0.5) is 8.68 Å². The lowest BCUT2D eigenvalue weighted by Gasteiger charge is -2.15. The third kappa shape index (κ3) is 3.92. The predicted octanol–water partition coefficient (Wildman–Crippen LogP) is 1.32. The minimum absolute atomic E-state index is 0.0159. The Bertz CT molecular complexity index is 592. The van der Waals surface area contributed by atoms with Gasteiger partial charge in [0.1, 0.15) is 11.9 Å². The van der Waals surface area contributed by atoms with Crippen molar-refractivity contribution in [2.75, 3.05) is 20.2 Å². The number of hydrogen-bond acceptors (Lipinski definition) is 5. The van der Waals surface area contributed by atoms with Crippen LogP contribution in [-0.4, -0.2) is 51.0 Å². The lowest BCUT2D eigenvalue weighted by Crippen LogP contribution is -2.32. The molecule has 0 spiro atoms. The Hall–Kier alpha value is -1.67. The summed E-state index contributed by atoms with van der Waals surface area (Å²) >= 11 is 0. The number of halogens is 1. The van der Waals surface area contributed by atoms with E-state index in [-0.39, 0.29) is 19.7 Å². The number of hydrogen-bond donors (Lipinski definition) is 0.